The molecule has 3 aromatic rings. The first kappa shape index (κ1) is 37.9. The van der Waals surface area contributed by atoms with Crippen LogP contribution in [0.1, 0.15) is 94.1 Å². The molecule has 3 N–H and O–H groups in total. The summed E-state index contributed by atoms with van der Waals surface area (Å²) in [5.74, 6) is 0.233. The van der Waals surface area contributed by atoms with Crippen molar-refractivity contribution in [3.63, 3.8) is 0 Å². The lowest BCUT2D eigenvalue weighted by Gasteiger charge is -2.71. The Bertz CT molecular complexity index is 1960. The first-order valence-electron chi connectivity index (χ1n) is 20.5. The number of hydrogen-bond acceptors (Lipinski definition) is 5. The molecule has 0 aliphatic heterocycles. The standard InChI is InChI=1S/C48H58N2O5/c1-33(34-12-7-5-8-13-34)49-43(53)50(28-11-29-55-4)32-47(54)25-22-41-45(47,3)24-21-40-44(2)23-20-38(51)30-46(44)26-27-48(40,41)39(31-46)42(52)37-18-16-36(17-19-37)35-14-9-6-10-15-35/h5-10,12-19,26-27,31,33,38,40-41,51,54H,11,20-25,28-30,32H2,1-4H3,(H,49,53)/t33-,38?,40-,41-,44-,45+,46+,47-,48-/m1/s1. The van der Waals surface area contributed by atoms with E-state index in [9.17, 15) is 15.0 Å². The van der Waals surface area contributed by atoms with E-state index in [2.05, 4.69) is 49.5 Å². The number of carbonyl (C=O) groups excluding carboxylic acids is 2. The van der Waals surface area contributed by atoms with E-state index in [1.807, 2.05) is 79.7 Å². The lowest BCUT2D eigenvalue weighted by Crippen LogP contribution is -2.67. The van der Waals surface area contributed by atoms with Gasteiger partial charge in [0.15, 0.2) is 5.78 Å². The van der Waals surface area contributed by atoms with E-state index in [0.717, 1.165) is 54.4 Å². The van der Waals surface area contributed by atoms with Gasteiger partial charge in [-0.3, -0.25) is 4.79 Å². The molecule has 9 rings (SSSR count). The molecule has 6 aliphatic rings. The molecule has 2 bridgehead atoms. The second-order valence-corrected chi connectivity index (χ2v) is 17.9. The van der Waals surface area contributed by atoms with Gasteiger partial charge in [0.1, 0.15) is 0 Å². The highest BCUT2D eigenvalue weighted by Gasteiger charge is 2.74. The minimum Gasteiger partial charge on any atom is -0.393 e. The van der Waals surface area contributed by atoms with Gasteiger partial charge in [-0.05, 0) is 92.2 Å². The largest absolute Gasteiger partial charge is 0.393 e. The van der Waals surface area contributed by atoms with Crippen molar-refractivity contribution in [3.05, 3.63) is 120 Å². The molecule has 0 aromatic heterocycles. The van der Waals surface area contributed by atoms with Gasteiger partial charge in [0.25, 0.3) is 0 Å². The third-order valence-corrected chi connectivity index (χ3v) is 15.4. The van der Waals surface area contributed by atoms with Crippen molar-refractivity contribution in [2.45, 2.75) is 89.9 Å². The number of nitrogens with one attached hydrogen (secondary N) is 1. The summed E-state index contributed by atoms with van der Waals surface area (Å²) in [7, 11) is 1.67. The van der Waals surface area contributed by atoms with Crippen molar-refractivity contribution in [2.24, 2.45) is 33.5 Å². The van der Waals surface area contributed by atoms with Crippen LogP contribution < -0.4 is 5.32 Å². The van der Waals surface area contributed by atoms with Gasteiger partial charge in [-0.25, -0.2) is 4.79 Å². The maximum absolute atomic E-state index is 15.1. The number of fused-ring (bicyclic) bond motifs is 1. The molecule has 1 unspecified atom stereocenters. The predicted octanol–water partition coefficient (Wildman–Crippen LogP) is 8.94. The summed E-state index contributed by atoms with van der Waals surface area (Å²) in [6, 6.07) is 27.8. The highest BCUT2D eigenvalue weighted by Crippen LogP contribution is 2.78. The van der Waals surface area contributed by atoms with Crippen molar-refractivity contribution in [3.8, 4) is 11.1 Å². The van der Waals surface area contributed by atoms with Gasteiger partial charge in [-0.1, -0.05) is 117 Å². The summed E-state index contributed by atoms with van der Waals surface area (Å²) in [6.45, 7) is 7.83. The number of rotatable bonds is 11. The first-order valence-corrected chi connectivity index (χ1v) is 20.5. The van der Waals surface area contributed by atoms with E-state index in [0.29, 0.717) is 38.0 Å². The Labute approximate surface area is 326 Å². The average molecular weight is 743 g/mol. The Morgan fingerprint density at radius 1 is 0.855 bits per heavy atom. The lowest BCUT2D eigenvalue weighted by atomic mass is 9.32. The predicted molar refractivity (Wildman–Crippen MR) is 216 cm³/mol. The van der Waals surface area contributed by atoms with Gasteiger partial charge < -0.3 is 25.2 Å². The minimum absolute atomic E-state index is 0.00658. The van der Waals surface area contributed by atoms with Crippen LogP contribution in [0.25, 0.3) is 11.1 Å². The number of urea groups is 1. The molecule has 55 heavy (non-hydrogen) atoms. The Kier molecular flexibility index (Phi) is 9.75. The molecule has 0 saturated heterocycles. The third kappa shape index (κ3) is 5.95. The van der Waals surface area contributed by atoms with Crippen LogP contribution in [0, 0.1) is 33.5 Å². The van der Waals surface area contributed by atoms with E-state index in [-0.39, 0.29) is 41.7 Å². The minimum atomic E-state index is -1.16. The Hall–Kier alpha value is -4.04. The normalized spacial score (nSPS) is 34.9. The number of methoxy groups -OCH3 is 1. The molecule has 2 amide bonds. The van der Waals surface area contributed by atoms with E-state index >= 15 is 4.79 Å². The average Bonchev–Trinajstić information content (AvgIpc) is 3.47. The molecular weight excluding hydrogens is 685 g/mol. The fourth-order valence-electron chi connectivity index (χ4n) is 12.3. The molecule has 3 fully saturated rings. The topological polar surface area (TPSA) is 99.1 Å². The van der Waals surface area contributed by atoms with E-state index in [4.69, 9.17) is 4.74 Å². The molecule has 7 heteroatoms. The zero-order valence-corrected chi connectivity index (χ0v) is 33.0. The number of amides is 2. The molecule has 6 aliphatic carbocycles. The van der Waals surface area contributed by atoms with Crippen LogP contribution in [0.4, 0.5) is 4.79 Å². The third-order valence-electron chi connectivity index (χ3n) is 15.4. The van der Waals surface area contributed by atoms with E-state index in [1.54, 1.807) is 12.0 Å². The summed E-state index contributed by atoms with van der Waals surface area (Å²) < 4.78 is 5.39. The number of hydrogen-bond donors (Lipinski definition) is 3. The summed E-state index contributed by atoms with van der Waals surface area (Å²) >= 11 is 0. The maximum Gasteiger partial charge on any atom is 0.317 e. The van der Waals surface area contributed by atoms with Crippen LogP contribution in [0.3, 0.4) is 0 Å². The molecule has 0 heterocycles. The number of ether oxygens (including phenoxy) is 1. The number of ketones is 1. The molecular formula is C48H58N2O5. The summed E-state index contributed by atoms with van der Waals surface area (Å²) in [4.78, 5) is 31.0. The number of allylic oxidation sites excluding steroid dienone is 4. The van der Waals surface area contributed by atoms with Crippen LogP contribution in [-0.2, 0) is 4.74 Å². The zero-order valence-electron chi connectivity index (χ0n) is 33.0. The van der Waals surface area contributed by atoms with E-state index in [1.165, 1.54) is 0 Å². The SMILES string of the molecule is COCCCN(C[C@]1(O)CC[C@H]2[C@]34C=C[C@@]5(C=C3C(=O)c3ccc(-c6ccccc6)cc3)CC(O)CC[C@]5(C)[C@H]4CC[C@@]21C)C(=O)N[C@H](C)c1ccccc1. The fraction of sp³-hybridized carbons (Fsp3) is 0.500. The Balaban J connectivity index is 1.15. The summed E-state index contributed by atoms with van der Waals surface area (Å²) in [5.41, 5.74) is 1.89. The molecule has 3 saturated carbocycles. The van der Waals surface area contributed by atoms with E-state index < -0.39 is 27.9 Å². The molecule has 290 valence electrons. The van der Waals surface area contributed by atoms with Crippen LogP contribution >= 0.6 is 0 Å². The highest BCUT2D eigenvalue weighted by molar-refractivity contribution is 6.10. The van der Waals surface area contributed by atoms with Gasteiger partial charge in [0.2, 0.25) is 0 Å². The number of aliphatic hydroxyl groups is 2. The second kappa shape index (κ2) is 14.2. The lowest BCUT2D eigenvalue weighted by molar-refractivity contribution is -0.174. The van der Waals surface area contributed by atoms with Gasteiger partial charge in [0, 0.05) is 47.6 Å². The van der Waals surface area contributed by atoms with Gasteiger partial charge in [-0.15, -0.1) is 0 Å². The fourth-order valence-corrected chi connectivity index (χ4v) is 12.3. The number of benzene rings is 3. The second-order valence-electron chi connectivity index (χ2n) is 17.9. The summed E-state index contributed by atoms with van der Waals surface area (Å²) in [6.07, 6.45) is 12.5. The maximum atomic E-state index is 15.1. The molecule has 9 atom stereocenters. The number of carbonyl (C=O) groups is 2. The molecule has 3 aromatic carbocycles. The van der Waals surface area contributed by atoms with Crippen LogP contribution in [0.15, 0.2) is 109 Å². The smallest absolute Gasteiger partial charge is 0.317 e. The zero-order chi connectivity index (χ0) is 38.6. The van der Waals surface area contributed by atoms with Crippen molar-refractivity contribution >= 4 is 11.8 Å². The molecule has 7 nitrogen and oxygen atoms in total. The number of nitrogens with zero attached hydrogens (tertiary/aromatic N) is 1. The highest BCUT2D eigenvalue weighted by atomic mass is 16.5. The van der Waals surface area contributed by atoms with Crippen LogP contribution in [0.5, 0.6) is 0 Å². The van der Waals surface area contributed by atoms with Crippen molar-refractivity contribution in [1.29, 1.82) is 0 Å². The quantitative estimate of drug-likeness (QED) is 0.104. The van der Waals surface area contributed by atoms with Gasteiger partial charge in [0.05, 0.1) is 24.3 Å². The summed E-state index contributed by atoms with van der Waals surface area (Å²) in [5, 5.41) is 27.4. The Morgan fingerprint density at radius 3 is 2.20 bits per heavy atom. The van der Waals surface area contributed by atoms with Gasteiger partial charge in [-0.2, -0.15) is 0 Å². The molecule has 2 spiro atoms. The Morgan fingerprint density at radius 2 is 1.49 bits per heavy atom. The number of aliphatic hydroxyl groups excluding tert-OH is 1. The molecule has 0 radical (unpaired) electrons. The van der Waals surface area contributed by atoms with Crippen molar-refractivity contribution < 1.29 is 24.5 Å². The van der Waals surface area contributed by atoms with Gasteiger partial charge >= 0.3 is 6.03 Å². The van der Waals surface area contributed by atoms with Crippen LogP contribution in [-0.4, -0.2) is 65.4 Å². The van der Waals surface area contributed by atoms with Crippen LogP contribution in [0.2, 0.25) is 0 Å². The van der Waals surface area contributed by atoms with Crippen molar-refractivity contribution in [1.82, 2.24) is 10.2 Å². The first-order chi connectivity index (χ1) is 26.4. The monoisotopic (exact) mass is 742 g/mol. The van der Waals surface area contributed by atoms with Crippen molar-refractivity contribution in [2.75, 3.05) is 26.8 Å². The number of Topliss-reactive ketones (excluding diaryl/α,β-unsaturated/α-hetero) is 1.